The van der Waals surface area contributed by atoms with Gasteiger partial charge in [-0.05, 0) is 37.1 Å². The Labute approximate surface area is 116 Å². The number of anilines is 1. The molecule has 1 amide bonds. The summed E-state index contributed by atoms with van der Waals surface area (Å²) in [5, 5.41) is 8.13. The van der Waals surface area contributed by atoms with Crippen molar-refractivity contribution in [2.75, 3.05) is 4.90 Å². The molecule has 0 aliphatic carbocycles. The molecule has 2 rings (SSSR count). The summed E-state index contributed by atoms with van der Waals surface area (Å²) in [6, 6.07) is 3.84. The zero-order chi connectivity index (χ0) is 14.0. The number of nitrogens with zero attached hydrogens (tertiary/aromatic N) is 4. The fourth-order valence-corrected chi connectivity index (χ4v) is 2.15. The molecule has 0 saturated carbocycles. The average molecular weight is 279 g/mol. The molecule has 2 aromatic rings. The Hall–Kier alpha value is -1.88. The van der Waals surface area contributed by atoms with Crippen LogP contribution in [-0.2, 0) is 11.5 Å². The molecule has 0 aliphatic heterocycles. The lowest BCUT2D eigenvalue weighted by Crippen LogP contribution is -2.31. The largest absolute Gasteiger partial charge is 0.301 e. The van der Waals surface area contributed by atoms with Crippen molar-refractivity contribution in [3.63, 3.8) is 0 Å². The number of hydrogen-bond acceptors (Lipinski definition) is 3. The second kappa shape index (κ2) is 5.40. The van der Waals surface area contributed by atoms with Gasteiger partial charge in [0.15, 0.2) is 0 Å². The van der Waals surface area contributed by atoms with Crippen LogP contribution in [0.5, 0.6) is 0 Å². The van der Waals surface area contributed by atoms with Crippen LogP contribution in [0.3, 0.4) is 0 Å². The number of carbonyl (C=O) groups excluding carboxylic acids is 1. The van der Waals surface area contributed by atoms with Crippen molar-refractivity contribution in [1.82, 2.24) is 14.8 Å². The predicted molar refractivity (Wildman–Crippen MR) is 74.1 cm³/mol. The molecule has 0 N–H and O–H groups in total. The van der Waals surface area contributed by atoms with Crippen LogP contribution in [-0.4, -0.2) is 20.7 Å². The molecule has 0 fully saturated rings. The maximum atomic E-state index is 11.9. The van der Waals surface area contributed by atoms with Crippen LogP contribution in [0.4, 0.5) is 5.69 Å². The lowest BCUT2D eigenvalue weighted by atomic mass is 10.1. The van der Waals surface area contributed by atoms with Gasteiger partial charge in [0.1, 0.15) is 19.3 Å². The molecule has 0 aliphatic rings. The predicted octanol–water partition coefficient (Wildman–Crippen LogP) is 2.56. The van der Waals surface area contributed by atoms with Gasteiger partial charge in [-0.25, -0.2) is 0 Å². The SMILES string of the molecule is CC(=O)N(Cn1cnnc1)c1cc(C)cc(Cl)c1C. The molecule has 1 aromatic carbocycles. The monoisotopic (exact) mass is 278 g/mol. The van der Waals surface area contributed by atoms with E-state index in [1.54, 1.807) is 22.1 Å². The van der Waals surface area contributed by atoms with Crippen molar-refractivity contribution < 1.29 is 4.79 Å². The minimum atomic E-state index is -0.0570. The summed E-state index contributed by atoms with van der Waals surface area (Å²) >= 11 is 6.18. The number of carbonyl (C=O) groups is 1. The summed E-state index contributed by atoms with van der Waals surface area (Å²) in [7, 11) is 0. The van der Waals surface area contributed by atoms with E-state index in [0.29, 0.717) is 11.7 Å². The lowest BCUT2D eigenvalue weighted by molar-refractivity contribution is -0.116. The number of aromatic nitrogens is 3. The molecule has 0 atom stereocenters. The van der Waals surface area contributed by atoms with E-state index in [4.69, 9.17) is 11.6 Å². The highest BCUT2D eigenvalue weighted by Gasteiger charge is 2.16. The Morgan fingerprint density at radius 3 is 2.53 bits per heavy atom. The van der Waals surface area contributed by atoms with E-state index in [0.717, 1.165) is 16.8 Å². The van der Waals surface area contributed by atoms with E-state index in [2.05, 4.69) is 10.2 Å². The minimum absolute atomic E-state index is 0.0570. The molecule has 0 radical (unpaired) electrons. The Kier molecular flexibility index (Phi) is 3.85. The quantitative estimate of drug-likeness (QED) is 0.867. The van der Waals surface area contributed by atoms with Gasteiger partial charge >= 0.3 is 0 Å². The van der Waals surface area contributed by atoms with Crippen molar-refractivity contribution in [3.05, 3.63) is 40.9 Å². The first kappa shape index (κ1) is 13.5. The van der Waals surface area contributed by atoms with E-state index in [1.807, 2.05) is 26.0 Å². The van der Waals surface area contributed by atoms with Crippen LogP contribution in [0.25, 0.3) is 0 Å². The molecule has 0 unspecified atom stereocenters. The third-order valence-electron chi connectivity index (χ3n) is 2.90. The minimum Gasteiger partial charge on any atom is -0.301 e. The highest BCUT2D eigenvalue weighted by atomic mass is 35.5. The first-order valence-corrected chi connectivity index (χ1v) is 6.24. The first-order valence-electron chi connectivity index (χ1n) is 5.86. The number of aryl methyl sites for hydroxylation is 1. The highest BCUT2D eigenvalue weighted by molar-refractivity contribution is 6.31. The van der Waals surface area contributed by atoms with Gasteiger partial charge < -0.3 is 4.57 Å². The van der Waals surface area contributed by atoms with Crippen LogP contribution in [0.15, 0.2) is 24.8 Å². The van der Waals surface area contributed by atoms with Crippen LogP contribution in [0.1, 0.15) is 18.1 Å². The van der Waals surface area contributed by atoms with Crippen molar-refractivity contribution in [2.45, 2.75) is 27.4 Å². The zero-order valence-electron chi connectivity index (χ0n) is 11.1. The third-order valence-corrected chi connectivity index (χ3v) is 3.30. The molecule has 1 aromatic heterocycles. The van der Waals surface area contributed by atoms with Gasteiger partial charge in [-0.15, -0.1) is 10.2 Å². The summed E-state index contributed by atoms with van der Waals surface area (Å²) < 4.78 is 1.73. The summed E-state index contributed by atoms with van der Waals surface area (Å²) in [5.41, 5.74) is 2.71. The molecule has 5 nitrogen and oxygen atoms in total. The van der Waals surface area contributed by atoms with E-state index in [1.165, 1.54) is 6.92 Å². The first-order chi connectivity index (χ1) is 8.99. The molecule has 6 heteroatoms. The number of rotatable bonds is 3. The Balaban J connectivity index is 2.42. The molecular formula is C13H15ClN4O. The summed E-state index contributed by atoms with van der Waals surface area (Å²) in [5.74, 6) is -0.0570. The second-order valence-electron chi connectivity index (χ2n) is 4.46. The Morgan fingerprint density at radius 1 is 1.32 bits per heavy atom. The average Bonchev–Trinajstić information content (AvgIpc) is 2.83. The van der Waals surface area contributed by atoms with E-state index < -0.39 is 0 Å². The molecule has 100 valence electrons. The van der Waals surface area contributed by atoms with E-state index >= 15 is 0 Å². The standard InChI is InChI=1S/C13H15ClN4O/c1-9-4-12(14)10(2)13(5-9)18(11(3)19)8-17-6-15-16-7-17/h4-7H,8H2,1-3H3. The molecule has 0 spiro atoms. The normalized spacial score (nSPS) is 10.5. The van der Waals surface area contributed by atoms with E-state index in [-0.39, 0.29) is 5.91 Å². The van der Waals surface area contributed by atoms with Crippen LogP contribution >= 0.6 is 11.6 Å². The summed E-state index contributed by atoms with van der Waals surface area (Å²) in [6.45, 7) is 5.74. The van der Waals surface area contributed by atoms with Crippen LogP contribution < -0.4 is 4.90 Å². The highest BCUT2D eigenvalue weighted by Crippen LogP contribution is 2.29. The van der Waals surface area contributed by atoms with Crippen LogP contribution in [0, 0.1) is 13.8 Å². The summed E-state index contributed by atoms with van der Waals surface area (Å²) in [6.07, 6.45) is 3.14. The summed E-state index contributed by atoms with van der Waals surface area (Å²) in [4.78, 5) is 13.5. The Bertz CT molecular complexity index is 595. The number of halogens is 1. The van der Waals surface area contributed by atoms with Crippen molar-refractivity contribution >= 4 is 23.2 Å². The molecule has 0 saturated heterocycles. The van der Waals surface area contributed by atoms with Gasteiger partial charge in [-0.3, -0.25) is 9.69 Å². The number of benzene rings is 1. The van der Waals surface area contributed by atoms with Gasteiger partial charge in [0.2, 0.25) is 5.91 Å². The maximum Gasteiger partial charge on any atom is 0.225 e. The van der Waals surface area contributed by atoms with Gasteiger partial charge in [-0.1, -0.05) is 11.6 Å². The van der Waals surface area contributed by atoms with Crippen molar-refractivity contribution in [2.24, 2.45) is 0 Å². The fraction of sp³-hybridized carbons (Fsp3) is 0.308. The molecule has 19 heavy (non-hydrogen) atoms. The third kappa shape index (κ3) is 2.93. The molecule has 0 bridgehead atoms. The molecular weight excluding hydrogens is 264 g/mol. The van der Waals surface area contributed by atoms with Crippen molar-refractivity contribution in [3.8, 4) is 0 Å². The lowest BCUT2D eigenvalue weighted by Gasteiger charge is -2.24. The van der Waals surface area contributed by atoms with Gasteiger partial charge in [0.05, 0.1) is 5.69 Å². The van der Waals surface area contributed by atoms with E-state index in [9.17, 15) is 4.79 Å². The number of amides is 1. The zero-order valence-corrected chi connectivity index (χ0v) is 11.8. The topological polar surface area (TPSA) is 51.0 Å². The smallest absolute Gasteiger partial charge is 0.225 e. The number of hydrogen-bond donors (Lipinski definition) is 0. The van der Waals surface area contributed by atoms with Crippen molar-refractivity contribution in [1.29, 1.82) is 0 Å². The van der Waals surface area contributed by atoms with Gasteiger partial charge in [-0.2, -0.15) is 0 Å². The second-order valence-corrected chi connectivity index (χ2v) is 4.86. The van der Waals surface area contributed by atoms with Gasteiger partial charge in [0.25, 0.3) is 0 Å². The molecule has 1 heterocycles. The maximum absolute atomic E-state index is 11.9. The van der Waals surface area contributed by atoms with Crippen LogP contribution in [0.2, 0.25) is 5.02 Å². The van der Waals surface area contributed by atoms with Gasteiger partial charge in [0, 0.05) is 11.9 Å². The Morgan fingerprint density at radius 2 is 1.95 bits per heavy atom. The fourth-order valence-electron chi connectivity index (χ4n) is 1.88.